The molecule has 6 nitrogen and oxygen atoms in total. The lowest BCUT2D eigenvalue weighted by Crippen LogP contribution is -1.91. The first-order valence-corrected chi connectivity index (χ1v) is 7.14. The number of phenols is 1. The van der Waals surface area contributed by atoms with Gasteiger partial charge in [0.15, 0.2) is 5.82 Å². The second-order valence-corrected chi connectivity index (χ2v) is 5.50. The molecule has 0 radical (unpaired) electrons. The third-order valence-corrected chi connectivity index (χ3v) is 3.73. The van der Waals surface area contributed by atoms with E-state index in [1.54, 1.807) is 23.5 Å². The first-order chi connectivity index (χ1) is 10.2. The van der Waals surface area contributed by atoms with Crippen LogP contribution < -0.4 is 4.74 Å². The summed E-state index contributed by atoms with van der Waals surface area (Å²) in [5.41, 5.74) is 1.38. The van der Waals surface area contributed by atoms with E-state index < -0.39 is 0 Å². The lowest BCUT2D eigenvalue weighted by Gasteiger charge is -2.02. The van der Waals surface area contributed by atoms with Crippen LogP contribution in [0.25, 0.3) is 11.5 Å². The highest BCUT2D eigenvalue weighted by Gasteiger charge is 2.14. The summed E-state index contributed by atoms with van der Waals surface area (Å²) in [5, 5.41) is 16.8. The molecule has 0 amide bonds. The van der Waals surface area contributed by atoms with Crippen molar-refractivity contribution in [2.24, 2.45) is 0 Å². The van der Waals surface area contributed by atoms with Gasteiger partial charge in [-0.25, -0.2) is 4.98 Å². The fraction of sp³-hybridized carbons (Fsp3) is 0.214. The van der Waals surface area contributed by atoms with Gasteiger partial charge < -0.3 is 14.4 Å². The Balaban J connectivity index is 1.84. The van der Waals surface area contributed by atoms with Gasteiger partial charge in [0.1, 0.15) is 11.5 Å². The Morgan fingerprint density at radius 3 is 2.86 bits per heavy atom. The molecule has 1 aromatic carbocycles. The Morgan fingerprint density at radius 2 is 2.19 bits per heavy atom. The van der Waals surface area contributed by atoms with Gasteiger partial charge in [-0.15, -0.1) is 11.3 Å². The smallest absolute Gasteiger partial charge is 0.261 e. The number of aromatic hydroxyl groups is 1. The van der Waals surface area contributed by atoms with Crippen LogP contribution in [0.1, 0.15) is 16.5 Å². The molecule has 0 aliphatic carbocycles. The maximum Gasteiger partial charge on any atom is 0.261 e. The molecule has 7 heteroatoms. The molecule has 3 rings (SSSR count). The molecule has 3 aromatic rings. The fourth-order valence-corrected chi connectivity index (χ4v) is 2.52. The number of rotatable bonds is 4. The minimum absolute atomic E-state index is 0.0362. The first kappa shape index (κ1) is 13.6. The number of methoxy groups -OCH3 is 1. The highest BCUT2D eigenvalue weighted by Crippen LogP contribution is 2.31. The van der Waals surface area contributed by atoms with Gasteiger partial charge in [-0.1, -0.05) is 5.16 Å². The molecule has 0 saturated heterocycles. The van der Waals surface area contributed by atoms with Crippen molar-refractivity contribution in [3.05, 3.63) is 40.1 Å². The Labute approximate surface area is 125 Å². The molecule has 2 heterocycles. The van der Waals surface area contributed by atoms with E-state index in [0.717, 1.165) is 10.7 Å². The Bertz CT molecular complexity index is 766. The van der Waals surface area contributed by atoms with Crippen molar-refractivity contribution in [2.75, 3.05) is 7.11 Å². The van der Waals surface area contributed by atoms with Crippen LogP contribution in [-0.2, 0) is 6.42 Å². The van der Waals surface area contributed by atoms with Crippen molar-refractivity contribution in [2.45, 2.75) is 13.3 Å². The van der Waals surface area contributed by atoms with E-state index in [-0.39, 0.29) is 11.6 Å². The van der Waals surface area contributed by atoms with Crippen molar-refractivity contribution >= 4 is 11.3 Å². The van der Waals surface area contributed by atoms with Crippen LogP contribution in [0.2, 0.25) is 0 Å². The quantitative estimate of drug-likeness (QED) is 0.798. The van der Waals surface area contributed by atoms with E-state index >= 15 is 0 Å². The maximum absolute atomic E-state index is 9.96. The summed E-state index contributed by atoms with van der Waals surface area (Å²) in [6.45, 7) is 1.95. The van der Waals surface area contributed by atoms with E-state index in [1.165, 1.54) is 13.2 Å². The van der Waals surface area contributed by atoms with Crippen LogP contribution in [0.4, 0.5) is 0 Å². The zero-order valence-corrected chi connectivity index (χ0v) is 12.3. The van der Waals surface area contributed by atoms with Crippen molar-refractivity contribution < 1.29 is 14.4 Å². The number of aryl methyl sites for hydroxylation is 1. The van der Waals surface area contributed by atoms with Gasteiger partial charge in [0, 0.05) is 11.4 Å². The predicted octanol–water partition coefficient (Wildman–Crippen LogP) is 2.81. The zero-order valence-electron chi connectivity index (χ0n) is 11.5. The van der Waals surface area contributed by atoms with E-state index in [0.29, 0.717) is 23.6 Å². The van der Waals surface area contributed by atoms with Crippen molar-refractivity contribution in [3.63, 3.8) is 0 Å². The van der Waals surface area contributed by atoms with Gasteiger partial charge in [-0.3, -0.25) is 0 Å². The van der Waals surface area contributed by atoms with E-state index in [1.807, 2.05) is 12.3 Å². The fourth-order valence-electron chi connectivity index (χ4n) is 1.91. The van der Waals surface area contributed by atoms with Crippen LogP contribution >= 0.6 is 11.3 Å². The van der Waals surface area contributed by atoms with E-state index in [2.05, 4.69) is 15.1 Å². The molecule has 0 saturated carbocycles. The monoisotopic (exact) mass is 303 g/mol. The number of phenolic OH excluding ortho intramolecular Hbond substituents is 1. The number of ether oxygens (including phenoxy) is 1. The van der Waals surface area contributed by atoms with Gasteiger partial charge >= 0.3 is 0 Å². The lowest BCUT2D eigenvalue weighted by molar-refractivity contribution is 0.404. The summed E-state index contributed by atoms with van der Waals surface area (Å²) < 4.78 is 10.2. The summed E-state index contributed by atoms with van der Waals surface area (Å²) in [7, 11) is 1.54. The molecule has 0 aliphatic heterocycles. The number of nitrogens with zero attached hydrogens (tertiary/aromatic N) is 3. The van der Waals surface area contributed by atoms with Gasteiger partial charge in [0.2, 0.25) is 0 Å². The molecule has 21 heavy (non-hydrogen) atoms. The minimum atomic E-state index is 0.0362. The molecular formula is C14H13N3O3S. The summed E-state index contributed by atoms with van der Waals surface area (Å²) >= 11 is 1.58. The average Bonchev–Trinajstić information content (AvgIpc) is 3.08. The molecule has 0 bridgehead atoms. The van der Waals surface area contributed by atoms with Gasteiger partial charge in [-0.2, -0.15) is 4.98 Å². The Kier molecular flexibility index (Phi) is 3.57. The number of benzene rings is 1. The third-order valence-electron chi connectivity index (χ3n) is 2.91. The number of hydrogen-bond acceptors (Lipinski definition) is 7. The summed E-state index contributed by atoms with van der Waals surface area (Å²) in [6.07, 6.45) is 0.505. The Hall–Kier alpha value is -2.41. The molecule has 1 N–H and O–H groups in total. The molecule has 0 unspecified atom stereocenters. The molecule has 0 spiro atoms. The molecule has 2 aromatic heterocycles. The number of aromatic nitrogens is 3. The van der Waals surface area contributed by atoms with Crippen LogP contribution in [0.3, 0.4) is 0 Å². The third kappa shape index (κ3) is 2.87. The second-order valence-electron chi connectivity index (χ2n) is 4.43. The average molecular weight is 303 g/mol. The molecule has 0 fully saturated rings. The van der Waals surface area contributed by atoms with E-state index in [4.69, 9.17) is 9.26 Å². The van der Waals surface area contributed by atoms with Gasteiger partial charge in [0.25, 0.3) is 5.89 Å². The van der Waals surface area contributed by atoms with Gasteiger partial charge in [-0.05, 0) is 19.1 Å². The molecule has 108 valence electrons. The number of thiazole rings is 1. The normalized spacial score (nSPS) is 10.8. The summed E-state index contributed by atoms with van der Waals surface area (Å²) in [4.78, 5) is 8.65. The van der Waals surface area contributed by atoms with Crippen LogP contribution in [0, 0.1) is 6.92 Å². The highest BCUT2D eigenvalue weighted by atomic mass is 32.1. The largest absolute Gasteiger partial charge is 0.507 e. The van der Waals surface area contributed by atoms with Crippen LogP contribution in [0.5, 0.6) is 11.5 Å². The Morgan fingerprint density at radius 1 is 1.33 bits per heavy atom. The van der Waals surface area contributed by atoms with E-state index in [9.17, 15) is 5.11 Å². The maximum atomic E-state index is 9.96. The zero-order chi connectivity index (χ0) is 14.8. The summed E-state index contributed by atoms with van der Waals surface area (Å²) in [6, 6.07) is 4.91. The highest BCUT2D eigenvalue weighted by molar-refractivity contribution is 7.09. The van der Waals surface area contributed by atoms with Crippen LogP contribution in [0.15, 0.2) is 28.1 Å². The minimum Gasteiger partial charge on any atom is -0.507 e. The molecule has 0 atom stereocenters. The molecular weight excluding hydrogens is 290 g/mol. The standard InChI is InChI=1S/C14H13N3O3S/c1-8-15-9(7-21-8)5-13-16-14(20-17-13)11-4-3-10(19-2)6-12(11)18/h3-4,6-7,18H,5H2,1-2H3. The number of hydrogen-bond donors (Lipinski definition) is 1. The van der Waals surface area contributed by atoms with Crippen LogP contribution in [-0.4, -0.2) is 27.3 Å². The summed E-state index contributed by atoms with van der Waals surface area (Å²) in [5.74, 6) is 1.41. The van der Waals surface area contributed by atoms with Crippen molar-refractivity contribution in [1.29, 1.82) is 0 Å². The topological polar surface area (TPSA) is 81.3 Å². The first-order valence-electron chi connectivity index (χ1n) is 6.26. The second kappa shape index (κ2) is 5.53. The predicted molar refractivity (Wildman–Crippen MR) is 77.6 cm³/mol. The lowest BCUT2D eigenvalue weighted by atomic mass is 10.2. The van der Waals surface area contributed by atoms with Gasteiger partial charge in [0.05, 0.1) is 29.8 Å². The van der Waals surface area contributed by atoms with Crippen molar-refractivity contribution in [3.8, 4) is 23.0 Å². The van der Waals surface area contributed by atoms with Crippen molar-refractivity contribution in [1.82, 2.24) is 15.1 Å². The molecule has 0 aliphatic rings. The SMILES string of the molecule is COc1ccc(-c2nc(Cc3csc(C)n3)no2)c(O)c1.